The molecule has 0 spiro atoms. The maximum Gasteiger partial charge on any atom is 0.263 e. The Morgan fingerprint density at radius 1 is 1.65 bits per heavy atom. The van der Waals surface area contributed by atoms with E-state index in [2.05, 4.69) is 10.3 Å². The standard InChI is InChI=1S/C12H14N2O2S/c1-8(6-10-4-3-5-16-10)14-12(15)11-9(2)13-7-17-11/h3-5,7-8H,6H2,1-2H3,(H,14,15). The number of amides is 1. The van der Waals surface area contributed by atoms with E-state index in [0.717, 1.165) is 11.5 Å². The third-order valence-electron chi connectivity index (χ3n) is 2.42. The molecule has 17 heavy (non-hydrogen) atoms. The average molecular weight is 250 g/mol. The molecule has 0 radical (unpaired) electrons. The van der Waals surface area contributed by atoms with Crippen molar-refractivity contribution in [3.63, 3.8) is 0 Å². The molecule has 90 valence electrons. The minimum atomic E-state index is -0.0657. The molecule has 2 aromatic rings. The van der Waals surface area contributed by atoms with Crippen LogP contribution in [0.2, 0.25) is 0 Å². The van der Waals surface area contributed by atoms with Crippen LogP contribution in [0.1, 0.15) is 28.0 Å². The Balaban J connectivity index is 1.93. The highest BCUT2D eigenvalue weighted by atomic mass is 32.1. The van der Waals surface area contributed by atoms with Gasteiger partial charge in [-0.1, -0.05) is 0 Å². The molecule has 0 saturated heterocycles. The predicted molar refractivity (Wildman–Crippen MR) is 66.2 cm³/mol. The zero-order chi connectivity index (χ0) is 12.3. The summed E-state index contributed by atoms with van der Waals surface area (Å²) < 4.78 is 5.24. The summed E-state index contributed by atoms with van der Waals surface area (Å²) in [6.07, 6.45) is 2.33. The highest BCUT2D eigenvalue weighted by Crippen LogP contribution is 2.12. The smallest absolute Gasteiger partial charge is 0.263 e. The van der Waals surface area contributed by atoms with Gasteiger partial charge in [0.1, 0.15) is 10.6 Å². The lowest BCUT2D eigenvalue weighted by Gasteiger charge is -2.11. The fourth-order valence-corrected chi connectivity index (χ4v) is 2.30. The number of aryl methyl sites for hydroxylation is 1. The van der Waals surface area contributed by atoms with Crippen molar-refractivity contribution in [2.75, 3.05) is 0 Å². The van der Waals surface area contributed by atoms with E-state index < -0.39 is 0 Å². The molecule has 0 fully saturated rings. The molecule has 0 saturated carbocycles. The van der Waals surface area contributed by atoms with E-state index in [1.165, 1.54) is 11.3 Å². The molecule has 5 heteroatoms. The monoisotopic (exact) mass is 250 g/mol. The average Bonchev–Trinajstić information content (AvgIpc) is 2.88. The molecule has 0 bridgehead atoms. The van der Waals surface area contributed by atoms with Crippen molar-refractivity contribution < 1.29 is 9.21 Å². The molecule has 2 aromatic heterocycles. The number of thiazole rings is 1. The van der Waals surface area contributed by atoms with Gasteiger partial charge in [-0.25, -0.2) is 4.98 Å². The van der Waals surface area contributed by atoms with Crippen molar-refractivity contribution in [2.24, 2.45) is 0 Å². The first kappa shape index (κ1) is 11.9. The maximum atomic E-state index is 11.9. The summed E-state index contributed by atoms with van der Waals surface area (Å²) in [5.41, 5.74) is 2.46. The Hall–Kier alpha value is -1.62. The van der Waals surface area contributed by atoms with Crippen LogP contribution in [0, 0.1) is 6.92 Å². The first-order valence-electron chi connectivity index (χ1n) is 5.40. The predicted octanol–water partition coefficient (Wildman–Crippen LogP) is 2.41. The van der Waals surface area contributed by atoms with Crippen LogP contribution in [0.5, 0.6) is 0 Å². The summed E-state index contributed by atoms with van der Waals surface area (Å²) in [5, 5.41) is 2.93. The number of furan rings is 1. The van der Waals surface area contributed by atoms with Crippen LogP contribution < -0.4 is 5.32 Å². The highest BCUT2D eigenvalue weighted by Gasteiger charge is 2.14. The molecule has 1 atom stereocenters. The van der Waals surface area contributed by atoms with E-state index in [1.54, 1.807) is 11.8 Å². The summed E-state index contributed by atoms with van der Waals surface area (Å²) >= 11 is 1.36. The van der Waals surface area contributed by atoms with E-state index in [-0.39, 0.29) is 11.9 Å². The van der Waals surface area contributed by atoms with Crippen molar-refractivity contribution in [1.29, 1.82) is 0 Å². The Kier molecular flexibility index (Phi) is 3.58. The number of nitrogens with one attached hydrogen (secondary N) is 1. The van der Waals surface area contributed by atoms with Crippen LogP contribution in [0.15, 0.2) is 28.3 Å². The zero-order valence-electron chi connectivity index (χ0n) is 9.77. The fraction of sp³-hybridized carbons (Fsp3) is 0.333. The topological polar surface area (TPSA) is 55.1 Å². The van der Waals surface area contributed by atoms with Crippen LogP contribution >= 0.6 is 11.3 Å². The van der Waals surface area contributed by atoms with E-state index >= 15 is 0 Å². The molecular formula is C12H14N2O2S. The second-order valence-corrected chi connectivity index (χ2v) is 4.78. The lowest BCUT2D eigenvalue weighted by Crippen LogP contribution is -2.33. The Morgan fingerprint density at radius 3 is 3.06 bits per heavy atom. The van der Waals surface area contributed by atoms with Crippen molar-refractivity contribution in [3.8, 4) is 0 Å². The second kappa shape index (κ2) is 5.14. The van der Waals surface area contributed by atoms with Gasteiger partial charge in [0.05, 0.1) is 17.5 Å². The third kappa shape index (κ3) is 2.94. The Morgan fingerprint density at radius 2 is 2.47 bits per heavy atom. The van der Waals surface area contributed by atoms with Gasteiger partial charge in [-0.15, -0.1) is 11.3 Å². The lowest BCUT2D eigenvalue weighted by atomic mass is 10.2. The van der Waals surface area contributed by atoms with Crippen LogP contribution in [0.3, 0.4) is 0 Å². The Labute approximate surface area is 104 Å². The quantitative estimate of drug-likeness (QED) is 0.906. The minimum absolute atomic E-state index is 0.0372. The molecule has 0 aliphatic rings. The minimum Gasteiger partial charge on any atom is -0.469 e. The first-order valence-corrected chi connectivity index (χ1v) is 6.28. The molecule has 2 rings (SSSR count). The molecule has 0 aliphatic carbocycles. The van der Waals surface area contributed by atoms with Crippen molar-refractivity contribution in [1.82, 2.24) is 10.3 Å². The number of nitrogens with zero attached hydrogens (tertiary/aromatic N) is 1. The molecule has 1 amide bonds. The molecule has 2 heterocycles. The summed E-state index contributed by atoms with van der Waals surface area (Å²) in [4.78, 5) is 16.6. The number of hydrogen-bond donors (Lipinski definition) is 1. The van der Waals surface area contributed by atoms with Crippen LogP contribution in [0.25, 0.3) is 0 Å². The van der Waals surface area contributed by atoms with Crippen molar-refractivity contribution in [3.05, 3.63) is 40.2 Å². The number of carbonyl (C=O) groups excluding carboxylic acids is 1. The molecular weight excluding hydrogens is 236 g/mol. The number of carbonyl (C=O) groups is 1. The normalized spacial score (nSPS) is 12.4. The van der Waals surface area contributed by atoms with E-state index in [9.17, 15) is 4.79 Å². The van der Waals surface area contributed by atoms with E-state index in [0.29, 0.717) is 11.3 Å². The summed E-state index contributed by atoms with van der Waals surface area (Å²) in [6.45, 7) is 3.79. The summed E-state index contributed by atoms with van der Waals surface area (Å²) in [5.74, 6) is 0.808. The van der Waals surface area contributed by atoms with Gasteiger partial charge in [0.2, 0.25) is 0 Å². The lowest BCUT2D eigenvalue weighted by molar-refractivity contribution is 0.0942. The molecule has 0 aromatic carbocycles. The van der Waals surface area contributed by atoms with Gasteiger partial charge in [0.15, 0.2) is 0 Å². The van der Waals surface area contributed by atoms with Gasteiger partial charge in [0.25, 0.3) is 5.91 Å². The zero-order valence-corrected chi connectivity index (χ0v) is 10.6. The SMILES string of the molecule is Cc1ncsc1C(=O)NC(C)Cc1ccco1. The van der Waals surface area contributed by atoms with Crippen LogP contribution in [-0.4, -0.2) is 16.9 Å². The second-order valence-electron chi connectivity index (χ2n) is 3.92. The van der Waals surface area contributed by atoms with Gasteiger partial charge in [-0.3, -0.25) is 4.79 Å². The molecule has 1 unspecified atom stereocenters. The van der Waals surface area contributed by atoms with Crippen molar-refractivity contribution >= 4 is 17.2 Å². The largest absolute Gasteiger partial charge is 0.469 e. The van der Waals surface area contributed by atoms with Gasteiger partial charge in [0, 0.05) is 12.5 Å². The fourth-order valence-electron chi connectivity index (χ4n) is 1.59. The van der Waals surface area contributed by atoms with Crippen LogP contribution in [-0.2, 0) is 6.42 Å². The summed E-state index contributed by atoms with van der Waals surface area (Å²) in [7, 11) is 0. The first-order chi connectivity index (χ1) is 8.16. The highest BCUT2D eigenvalue weighted by molar-refractivity contribution is 7.11. The molecule has 0 aliphatic heterocycles. The van der Waals surface area contributed by atoms with E-state index in [4.69, 9.17) is 4.42 Å². The van der Waals surface area contributed by atoms with E-state index in [1.807, 2.05) is 26.0 Å². The third-order valence-corrected chi connectivity index (χ3v) is 3.34. The van der Waals surface area contributed by atoms with Gasteiger partial charge < -0.3 is 9.73 Å². The number of rotatable bonds is 4. The number of hydrogen-bond acceptors (Lipinski definition) is 4. The summed E-state index contributed by atoms with van der Waals surface area (Å²) in [6, 6.07) is 3.79. The van der Waals surface area contributed by atoms with Gasteiger partial charge in [-0.05, 0) is 26.0 Å². The van der Waals surface area contributed by atoms with Gasteiger partial charge >= 0.3 is 0 Å². The van der Waals surface area contributed by atoms with Crippen LogP contribution in [0.4, 0.5) is 0 Å². The van der Waals surface area contributed by atoms with Gasteiger partial charge in [-0.2, -0.15) is 0 Å². The molecule has 4 nitrogen and oxygen atoms in total. The number of aromatic nitrogens is 1. The van der Waals surface area contributed by atoms with Crippen molar-refractivity contribution in [2.45, 2.75) is 26.3 Å². The molecule has 1 N–H and O–H groups in total. The maximum absolute atomic E-state index is 11.9. The Bertz CT molecular complexity index is 490.